The molecule has 0 bridgehead atoms. The van der Waals surface area contributed by atoms with Crippen LogP contribution in [0.1, 0.15) is 0 Å². The maximum absolute atomic E-state index is 11.4. The highest BCUT2D eigenvalue weighted by Crippen LogP contribution is 2.23. The summed E-state index contributed by atoms with van der Waals surface area (Å²) in [6.07, 6.45) is 0. The van der Waals surface area contributed by atoms with E-state index in [0.717, 1.165) is 26.2 Å². The first-order valence-corrected chi connectivity index (χ1v) is 6.92. The molecule has 0 N–H and O–H groups in total. The number of piperazine rings is 1. The van der Waals surface area contributed by atoms with E-state index < -0.39 is 0 Å². The first-order chi connectivity index (χ1) is 8.29. The van der Waals surface area contributed by atoms with Crippen molar-refractivity contribution in [2.24, 2.45) is 0 Å². The minimum atomic E-state index is 0.0380. The Hall–Kier alpha value is -0.710. The Kier molecular flexibility index (Phi) is 4.71. The van der Waals surface area contributed by atoms with E-state index in [-0.39, 0.29) is 11.8 Å². The predicted octanol–water partition coefficient (Wildman–Crippen LogP) is 2.08. The molecule has 92 valence electrons. The molecule has 1 heterocycles. The second kappa shape index (κ2) is 6.28. The third-order valence-electron chi connectivity index (χ3n) is 2.68. The van der Waals surface area contributed by atoms with Crippen LogP contribution in [0, 0.1) is 0 Å². The first-order valence-electron chi connectivity index (χ1n) is 5.61. The van der Waals surface area contributed by atoms with E-state index in [1.165, 1.54) is 4.90 Å². The van der Waals surface area contributed by atoms with E-state index in [1.54, 1.807) is 11.9 Å². The molecular formula is C12H15ClN2OS. The Morgan fingerprint density at radius 1 is 1.18 bits per heavy atom. The Bertz CT molecular complexity index is 366. The smallest absolute Gasteiger partial charge is 0.237 e. The van der Waals surface area contributed by atoms with E-state index in [9.17, 15) is 4.79 Å². The lowest BCUT2D eigenvalue weighted by atomic mass is 10.3. The fourth-order valence-electron chi connectivity index (χ4n) is 1.74. The van der Waals surface area contributed by atoms with Crippen LogP contribution in [-0.2, 0) is 4.79 Å². The van der Waals surface area contributed by atoms with Crippen molar-refractivity contribution in [2.45, 2.75) is 4.90 Å². The number of carbonyl (C=O) groups excluding carboxylic acids is 1. The molecule has 1 amide bonds. The summed E-state index contributed by atoms with van der Waals surface area (Å²) in [6.45, 7) is 3.32. The average Bonchev–Trinajstić information content (AvgIpc) is 2.40. The molecule has 0 aliphatic carbocycles. The standard InChI is InChI=1S/C12H15ClN2OS/c13-10-12(16)14-6-8-15(9-7-14)17-11-4-2-1-3-5-11/h1-5H,6-10H2. The molecule has 17 heavy (non-hydrogen) atoms. The maximum atomic E-state index is 11.4. The number of hydrogen-bond acceptors (Lipinski definition) is 3. The molecule has 3 nitrogen and oxygen atoms in total. The van der Waals surface area contributed by atoms with Crippen molar-refractivity contribution in [3.05, 3.63) is 30.3 Å². The van der Waals surface area contributed by atoms with E-state index in [4.69, 9.17) is 11.6 Å². The summed E-state index contributed by atoms with van der Waals surface area (Å²) in [5.74, 6) is 0.127. The van der Waals surface area contributed by atoms with Crippen LogP contribution in [0.2, 0.25) is 0 Å². The number of amides is 1. The van der Waals surface area contributed by atoms with E-state index >= 15 is 0 Å². The fraction of sp³-hybridized carbons (Fsp3) is 0.417. The van der Waals surface area contributed by atoms with Gasteiger partial charge >= 0.3 is 0 Å². The molecule has 2 rings (SSSR count). The van der Waals surface area contributed by atoms with Gasteiger partial charge in [-0.25, -0.2) is 4.31 Å². The number of carbonyl (C=O) groups is 1. The van der Waals surface area contributed by atoms with E-state index in [2.05, 4.69) is 16.4 Å². The molecular weight excluding hydrogens is 256 g/mol. The highest BCUT2D eigenvalue weighted by molar-refractivity contribution is 7.97. The molecule has 5 heteroatoms. The maximum Gasteiger partial charge on any atom is 0.237 e. The SMILES string of the molecule is O=C(CCl)N1CCN(Sc2ccccc2)CC1. The van der Waals surface area contributed by atoms with Crippen LogP contribution in [0.25, 0.3) is 0 Å². The van der Waals surface area contributed by atoms with Crippen LogP contribution in [0.4, 0.5) is 0 Å². The Morgan fingerprint density at radius 3 is 2.41 bits per heavy atom. The van der Waals surface area contributed by atoms with Crippen molar-refractivity contribution < 1.29 is 4.79 Å². The molecule has 1 fully saturated rings. The lowest BCUT2D eigenvalue weighted by Crippen LogP contribution is -2.46. The second-order valence-corrected chi connectivity index (χ2v) is 5.29. The van der Waals surface area contributed by atoms with Crippen molar-refractivity contribution in [3.63, 3.8) is 0 Å². The number of nitrogens with zero attached hydrogens (tertiary/aromatic N) is 2. The number of halogens is 1. The molecule has 0 radical (unpaired) electrons. The Morgan fingerprint density at radius 2 is 1.82 bits per heavy atom. The molecule has 0 saturated carbocycles. The zero-order chi connectivity index (χ0) is 12.1. The quantitative estimate of drug-likeness (QED) is 0.621. The number of hydrogen-bond donors (Lipinski definition) is 0. The minimum absolute atomic E-state index is 0.0380. The Labute approximate surface area is 111 Å². The topological polar surface area (TPSA) is 23.6 Å². The van der Waals surface area contributed by atoms with Crippen LogP contribution in [0.15, 0.2) is 35.2 Å². The van der Waals surface area contributed by atoms with Gasteiger partial charge in [-0.05, 0) is 24.1 Å². The van der Waals surface area contributed by atoms with Gasteiger partial charge < -0.3 is 4.90 Å². The van der Waals surface area contributed by atoms with Crippen molar-refractivity contribution in [3.8, 4) is 0 Å². The molecule has 1 saturated heterocycles. The van der Waals surface area contributed by atoms with Gasteiger partial charge in [-0.2, -0.15) is 0 Å². The van der Waals surface area contributed by atoms with Crippen molar-refractivity contribution in [2.75, 3.05) is 32.1 Å². The average molecular weight is 271 g/mol. The summed E-state index contributed by atoms with van der Waals surface area (Å²) in [4.78, 5) is 14.5. The first kappa shape index (κ1) is 12.7. The molecule has 1 aliphatic rings. The molecule has 1 aromatic carbocycles. The van der Waals surface area contributed by atoms with Crippen molar-refractivity contribution in [1.29, 1.82) is 0 Å². The monoisotopic (exact) mass is 270 g/mol. The lowest BCUT2D eigenvalue weighted by molar-refractivity contribution is -0.129. The minimum Gasteiger partial charge on any atom is -0.339 e. The molecule has 0 atom stereocenters. The zero-order valence-electron chi connectivity index (χ0n) is 9.51. The largest absolute Gasteiger partial charge is 0.339 e. The van der Waals surface area contributed by atoms with Gasteiger partial charge in [0.1, 0.15) is 5.88 Å². The van der Waals surface area contributed by atoms with Crippen LogP contribution in [0.3, 0.4) is 0 Å². The predicted molar refractivity (Wildman–Crippen MR) is 71.2 cm³/mol. The third kappa shape index (κ3) is 3.63. The molecule has 0 spiro atoms. The third-order valence-corrected chi connectivity index (χ3v) is 4.02. The highest BCUT2D eigenvalue weighted by atomic mass is 35.5. The fourth-order valence-corrected chi connectivity index (χ4v) is 2.84. The summed E-state index contributed by atoms with van der Waals surface area (Å²) < 4.78 is 2.29. The summed E-state index contributed by atoms with van der Waals surface area (Å²) in [6, 6.07) is 10.3. The number of rotatable bonds is 3. The van der Waals surface area contributed by atoms with Crippen molar-refractivity contribution >= 4 is 29.5 Å². The molecule has 1 aromatic rings. The molecule has 0 unspecified atom stereocenters. The van der Waals surface area contributed by atoms with Crippen molar-refractivity contribution in [1.82, 2.24) is 9.21 Å². The van der Waals surface area contributed by atoms with Gasteiger partial charge in [-0.15, -0.1) is 11.6 Å². The van der Waals surface area contributed by atoms with Gasteiger partial charge in [-0.1, -0.05) is 18.2 Å². The zero-order valence-corrected chi connectivity index (χ0v) is 11.1. The lowest BCUT2D eigenvalue weighted by Gasteiger charge is -2.33. The number of alkyl halides is 1. The van der Waals surface area contributed by atoms with Gasteiger partial charge in [0.05, 0.1) is 0 Å². The summed E-state index contributed by atoms with van der Waals surface area (Å²) in [5, 5.41) is 0. The second-order valence-electron chi connectivity index (χ2n) is 3.85. The van der Waals surface area contributed by atoms with Gasteiger partial charge in [-0.3, -0.25) is 4.79 Å². The summed E-state index contributed by atoms with van der Waals surface area (Å²) in [7, 11) is 0. The van der Waals surface area contributed by atoms with Crippen LogP contribution < -0.4 is 0 Å². The molecule has 1 aliphatic heterocycles. The van der Waals surface area contributed by atoms with E-state index in [0.29, 0.717) is 0 Å². The van der Waals surface area contributed by atoms with Gasteiger partial charge in [0.25, 0.3) is 0 Å². The number of benzene rings is 1. The summed E-state index contributed by atoms with van der Waals surface area (Å²) >= 11 is 7.29. The van der Waals surface area contributed by atoms with Gasteiger partial charge in [0, 0.05) is 31.1 Å². The van der Waals surface area contributed by atoms with E-state index in [1.807, 2.05) is 23.1 Å². The van der Waals surface area contributed by atoms with Gasteiger partial charge in [0.15, 0.2) is 0 Å². The summed E-state index contributed by atoms with van der Waals surface area (Å²) in [5.41, 5.74) is 0. The van der Waals surface area contributed by atoms with Crippen LogP contribution >= 0.6 is 23.5 Å². The van der Waals surface area contributed by atoms with Crippen LogP contribution in [-0.4, -0.2) is 47.2 Å². The Balaban J connectivity index is 1.82. The van der Waals surface area contributed by atoms with Crippen LogP contribution in [0.5, 0.6) is 0 Å². The molecule has 0 aromatic heterocycles. The highest BCUT2D eigenvalue weighted by Gasteiger charge is 2.20. The van der Waals surface area contributed by atoms with Gasteiger partial charge in [0.2, 0.25) is 5.91 Å². The normalized spacial score (nSPS) is 17.1.